The topological polar surface area (TPSA) is 96.3 Å². The molecule has 4 rings (SSSR count). The zero-order valence-electron chi connectivity index (χ0n) is 20.7. The van der Waals surface area contributed by atoms with Crippen molar-refractivity contribution in [3.8, 4) is 17.2 Å². The maximum Gasteiger partial charge on any atom is 0.300 e. The van der Waals surface area contributed by atoms with Gasteiger partial charge in [-0.25, -0.2) is 0 Å². The van der Waals surface area contributed by atoms with Gasteiger partial charge in [0.1, 0.15) is 11.5 Å². The third-order valence-corrected chi connectivity index (χ3v) is 6.10. The molecule has 7 nitrogen and oxygen atoms in total. The second-order valence-electron chi connectivity index (χ2n) is 8.58. The van der Waals surface area contributed by atoms with Crippen molar-refractivity contribution in [1.29, 1.82) is 0 Å². The standard InChI is InChI=1S/C29H29NO6/c1-5-35-21-9-7-8-20(16-21)30-26(19-12-13-23(31)24(15-19)36-6-2)25(28(33)29(30)34)27(32)22-14-17(3)10-11-18(22)4/h7-16,26,31-32H,5-6H2,1-4H3/b27-25+. The molecule has 1 heterocycles. The molecule has 0 bridgehead atoms. The summed E-state index contributed by atoms with van der Waals surface area (Å²) in [5.41, 5.74) is 3.06. The van der Waals surface area contributed by atoms with Crippen molar-refractivity contribution in [2.45, 2.75) is 33.7 Å². The van der Waals surface area contributed by atoms with E-state index in [1.165, 1.54) is 11.0 Å². The number of hydrogen-bond acceptors (Lipinski definition) is 6. The van der Waals surface area contributed by atoms with Gasteiger partial charge in [-0.15, -0.1) is 0 Å². The summed E-state index contributed by atoms with van der Waals surface area (Å²) in [6.07, 6.45) is 0. The Kier molecular flexibility index (Phi) is 7.01. The third kappa shape index (κ3) is 4.52. The van der Waals surface area contributed by atoms with Crippen LogP contribution in [0.1, 0.15) is 42.1 Å². The number of phenolic OH excluding ortho intramolecular Hbond substituents is 1. The molecule has 0 spiro atoms. The number of hydrogen-bond donors (Lipinski definition) is 2. The van der Waals surface area contributed by atoms with Gasteiger partial charge in [-0.1, -0.05) is 29.8 Å². The number of aromatic hydroxyl groups is 1. The number of Topliss-reactive ketones (excluding diaryl/α,β-unsaturated/α-hetero) is 1. The maximum atomic E-state index is 13.5. The van der Waals surface area contributed by atoms with Crippen molar-refractivity contribution >= 4 is 23.1 Å². The number of benzene rings is 3. The van der Waals surface area contributed by atoms with Crippen LogP contribution in [0.25, 0.3) is 5.76 Å². The zero-order valence-corrected chi connectivity index (χ0v) is 20.7. The summed E-state index contributed by atoms with van der Waals surface area (Å²) in [5, 5.41) is 21.7. The van der Waals surface area contributed by atoms with E-state index in [0.29, 0.717) is 35.8 Å². The van der Waals surface area contributed by atoms with Crippen LogP contribution in [0.3, 0.4) is 0 Å². The number of nitrogens with zero attached hydrogens (tertiary/aromatic N) is 1. The van der Waals surface area contributed by atoms with Crippen molar-refractivity contribution in [1.82, 2.24) is 0 Å². The molecule has 1 atom stereocenters. The summed E-state index contributed by atoms with van der Waals surface area (Å²) < 4.78 is 11.2. The van der Waals surface area contributed by atoms with Crippen LogP contribution in [0, 0.1) is 13.8 Å². The van der Waals surface area contributed by atoms with Crippen LogP contribution in [-0.4, -0.2) is 35.1 Å². The number of aliphatic hydroxyl groups is 1. The number of ketones is 1. The number of rotatable bonds is 7. The van der Waals surface area contributed by atoms with E-state index < -0.39 is 17.7 Å². The summed E-state index contributed by atoms with van der Waals surface area (Å²) >= 11 is 0. The van der Waals surface area contributed by atoms with Crippen LogP contribution in [0.4, 0.5) is 5.69 Å². The van der Waals surface area contributed by atoms with E-state index in [-0.39, 0.29) is 22.8 Å². The molecule has 3 aromatic rings. The highest BCUT2D eigenvalue weighted by molar-refractivity contribution is 6.51. The van der Waals surface area contributed by atoms with Gasteiger partial charge in [0.25, 0.3) is 11.7 Å². The molecule has 1 fully saturated rings. The van der Waals surface area contributed by atoms with Crippen LogP contribution in [0.15, 0.2) is 66.2 Å². The largest absolute Gasteiger partial charge is 0.507 e. The number of amides is 1. The van der Waals surface area contributed by atoms with Crippen molar-refractivity contribution < 1.29 is 29.3 Å². The Hall–Kier alpha value is -4.26. The molecule has 3 aromatic carbocycles. The van der Waals surface area contributed by atoms with Crippen molar-refractivity contribution in [3.63, 3.8) is 0 Å². The Balaban J connectivity index is 1.98. The minimum absolute atomic E-state index is 0.0383. The van der Waals surface area contributed by atoms with Gasteiger partial charge in [-0.05, 0) is 69.2 Å². The van der Waals surface area contributed by atoms with Crippen molar-refractivity contribution in [2.24, 2.45) is 0 Å². The first-order valence-corrected chi connectivity index (χ1v) is 11.8. The maximum absolute atomic E-state index is 13.5. The van der Waals surface area contributed by atoms with Gasteiger partial charge in [0.2, 0.25) is 0 Å². The number of ether oxygens (including phenoxy) is 2. The fraction of sp³-hybridized carbons (Fsp3) is 0.241. The lowest BCUT2D eigenvalue weighted by Crippen LogP contribution is -2.29. The summed E-state index contributed by atoms with van der Waals surface area (Å²) in [7, 11) is 0. The first-order chi connectivity index (χ1) is 17.3. The molecule has 1 aliphatic rings. The normalized spacial score (nSPS) is 16.9. The minimum atomic E-state index is -0.957. The second kappa shape index (κ2) is 10.2. The molecule has 0 radical (unpaired) electrons. The number of aryl methyl sites for hydroxylation is 2. The minimum Gasteiger partial charge on any atom is -0.507 e. The van der Waals surface area contributed by atoms with Gasteiger partial charge in [0.05, 0.1) is 24.8 Å². The quantitative estimate of drug-likeness (QED) is 0.262. The lowest BCUT2D eigenvalue weighted by Gasteiger charge is -2.26. The Bertz CT molecular complexity index is 1360. The fourth-order valence-electron chi connectivity index (χ4n) is 4.41. The van der Waals surface area contributed by atoms with E-state index in [9.17, 15) is 19.8 Å². The van der Waals surface area contributed by atoms with E-state index in [0.717, 1.165) is 11.1 Å². The Morgan fingerprint density at radius 3 is 2.42 bits per heavy atom. The Labute approximate surface area is 210 Å². The number of anilines is 1. The number of aliphatic hydroxyl groups excluding tert-OH is 1. The van der Waals surface area contributed by atoms with Gasteiger partial charge in [-0.2, -0.15) is 0 Å². The molecule has 7 heteroatoms. The van der Waals surface area contributed by atoms with Gasteiger partial charge < -0.3 is 19.7 Å². The number of phenols is 1. The first-order valence-electron chi connectivity index (χ1n) is 11.8. The van der Waals surface area contributed by atoms with Crippen LogP contribution < -0.4 is 14.4 Å². The summed E-state index contributed by atoms with van der Waals surface area (Å²) in [6.45, 7) is 8.12. The summed E-state index contributed by atoms with van der Waals surface area (Å²) in [6, 6.07) is 16.2. The van der Waals surface area contributed by atoms with Crippen molar-refractivity contribution in [3.05, 3.63) is 88.5 Å². The van der Waals surface area contributed by atoms with Crippen LogP contribution in [0.2, 0.25) is 0 Å². The van der Waals surface area contributed by atoms with E-state index in [4.69, 9.17) is 9.47 Å². The summed E-state index contributed by atoms with van der Waals surface area (Å²) in [5.74, 6) is -1.13. The number of carbonyl (C=O) groups is 2. The zero-order chi connectivity index (χ0) is 26.0. The molecular formula is C29H29NO6. The lowest BCUT2D eigenvalue weighted by atomic mass is 9.93. The smallest absolute Gasteiger partial charge is 0.300 e. The SMILES string of the molecule is CCOc1cccc(N2C(=O)C(=O)/C(=C(/O)c3cc(C)ccc3C)C2c2ccc(O)c(OCC)c2)c1. The van der Waals surface area contributed by atoms with Gasteiger partial charge in [0.15, 0.2) is 11.5 Å². The lowest BCUT2D eigenvalue weighted by molar-refractivity contribution is -0.132. The number of carbonyl (C=O) groups excluding carboxylic acids is 2. The molecule has 36 heavy (non-hydrogen) atoms. The van der Waals surface area contributed by atoms with Gasteiger partial charge >= 0.3 is 0 Å². The van der Waals surface area contributed by atoms with E-state index in [1.807, 2.05) is 32.9 Å². The molecule has 1 aliphatic heterocycles. The molecular weight excluding hydrogens is 458 g/mol. The predicted molar refractivity (Wildman–Crippen MR) is 138 cm³/mol. The van der Waals surface area contributed by atoms with Gasteiger partial charge in [-0.3, -0.25) is 14.5 Å². The molecule has 0 saturated carbocycles. The van der Waals surface area contributed by atoms with E-state index in [2.05, 4.69) is 0 Å². The van der Waals surface area contributed by atoms with E-state index in [1.54, 1.807) is 49.4 Å². The molecule has 1 unspecified atom stereocenters. The molecule has 0 aromatic heterocycles. The summed E-state index contributed by atoms with van der Waals surface area (Å²) in [4.78, 5) is 28.2. The Morgan fingerprint density at radius 1 is 0.944 bits per heavy atom. The second-order valence-corrected chi connectivity index (χ2v) is 8.58. The van der Waals surface area contributed by atoms with Crippen LogP contribution in [0.5, 0.6) is 17.2 Å². The van der Waals surface area contributed by atoms with Crippen molar-refractivity contribution in [2.75, 3.05) is 18.1 Å². The highest BCUT2D eigenvalue weighted by Gasteiger charge is 2.47. The highest BCUT2D eigenvalue weighted by atomic mass is 16.5. The third-order valence-electron chi connectivity index (χ3n) is 6.10. The molecule has 0 aliphatic carbocycles. The van der Waals surface area contributed by atoms with Crippen LogP contribution >= 0.6 is 0 Å². The predicted octanol–water partition coefficient (Wildman–Crippen LogP) is 5.43. The van der Waals surface area contributed by atoms with Crippen LogP contribution in [-0.2, 0) is 9.59 Å². The molecule has 186 valence electrons. The highest BCUT2D eigenvalue weighted by Crippen LogP contribution is 2.44. The Morgan fingerprint density at radius 2 is 1.69 bits per heavy atom. The monoisotopic (exact) mass is 487 g/mol. The molecule has 1 amide bonds. The molecule has 1 saturated heterocycles. The van der Waals surface area contributed by atoms with E-state index >= 15 is 0 Å². The first kappa shape index (κ1) is 24.9. The van der Waals surface area contributed by atoms with Gasteiger partial charge in [0, 0.05) is 17.3 Å². The molecule has 2 N–H and O–H groups in total. The fourth-order valence-corrected chi connectivity index (χ4v) is 4.41. The average Bonchev–Trinajstić information content (AvgIpc) is 3.12. The average molecular weight is 488 g/mol.